The number of halogens is 1. The SMILES string of the molecule is CCOC(=O)CCNCC1CCC(Oc2ccc(F)cc2)CC1. The maximum atomic E-state index is 12.9. The van der Waals surface area contributed by atoms with Crippen molar-refractivity contribution < 1.29 is 18.7 Å². The van der Waals surface area contributed by atoms with Crippen LogP contribution in [0.2, 0.25) is 0 Å². The second-order valence-electron chi connectivity index (χ2n) is 5.97. The molecule has 1 N–H and O–H groups in total. The first kappa shape index (κ1) is 17.7. The van der Waals surface area contributed by atoms with Crippen molar-refractivity contribution in [2.24, 2.45) is 5.92 Å². The van der Waals surface area contributed by atoms with Gasteiger partial charge in [0.1, 0.15) is 11.6 Å². The molecule has 0 unspecified atom stereocenters. The number of carbonyl (C=O) groups excluding carboxylic acids is 1. The molecule has 1 aliphatic rings. The molecule has 0 bridgehead atoms. The second kappa shape index (κ2) is 9.50. The minimum atomic E-state index is -0.241. The zero-order valence-electron chi connectivity index (χ0n) is 13.7. The second-order valence-corrected chi connectivity index (χ2v) is 5.97. The Morgan fingerprint density at radius 2 is 1.91 bits per heavy atom. The van der Waals surface area contributed by atoms with Crippen LogP contribution in [0.3, 0.4) is 0 Å². The molecule has 0 atom stereocenters. The van der Waals surface area contributed by atoms with Crippen LogP contribution >= 0.6 is 0 Å². The van der Waals surface area contributed by atoms with Crippen molar-refractivity contribution in [3.63, 3.8) is 0 Å². The molecular formula is C18H26FNO3. The molecule has 0 radical (unpaired) electrons. The molecule has 2 rings (SSSR count). The zero-order valence-corrected chi connectivity index (χ0v) is 13.7. The van der Waals surface area contributed by atoms with E-state index in [0.717, 1.165) is 38.0 Å². The average Bonchev–Trinajstić information content (AvgIpc) is 2.55. The highest BCUT2D eigenvalue weighted by Crippen LogP contribution is 2.27. The van der Waals surface area contributed by atoms with Gasteiger partial charge in [0.2, 0.25) is 0 Å². The van der Waals surface area contributed by atoms with E-state index < -0.39 is 0 Å². The number of rotatable bonds is 8. The zero-order chi connectivity index (χ0) is 16.5. The van der Waals surface area contributed by atoms with E-state index in [4.69, 9.17) is 9.47 Å². The van der Waals surface area contributed by atoms with Gasteiger partial charge in [-0.1, -0.05) is 0 Å². The summed E-state index contributed by atoms with van der Waals surface area (Å²) in [5.41, 5.74) is 0. The van der Waals surface area contributed by atoms with Crippen molar-refractivity contribution in [2.75, 3.05) is 19.7 Å². The fourth-order valence-electron chi connectivity index (χ4n) is 2.89. The van der Waals surface area contributed by atoms with Gasteiger partial charge < -0.3 is 14.8 Å². The van der Waals surface area contributed by atoms with Crippen LogP contribution in [0, 0.1) is 11.7 Å². The fraction of sp³-hybridized carbons (Fsp3) is 0.611. The van der Waals surface area contributed by atoms with E-state index in [1.54, 1.807) is 12.1 Å². The predicted octanol–water partition coefficient (Wildman–Crippen LogP) is 3.31. The van der Waals surface area contributed by atoms with Crippen molar-refractivity contribution in [1.29, 1.82) is 0 Å². The smallest absolute Gasteiger partial charge is 0.307 e. The molecule has 0 heterocycles. The first-order valence-electron chi connectivity index (χ1n) is 8.46. The molecule has 1 aliphatic carbocycles. The highest BCUT2D eigenvalue weighted by Gasteiger charge is 2.22. The molecule has 128 valence electrons. The van der Waals surface area contributed by atoms with Gasteiger partial charge in [0.05, 0.1) is 19.1 Å². The topological polar surface area (TPSA) is 47.6 Å². The maximum absolute atomic E-state index is 12.9. The Balaban J connectivity index is 1.58. The van der Waals surface area contributed by atoms with Gasteiger partial charge in [0, 0.05) is 6.54 Å². The highest BCUT2D eigenvalue weighted by molar-refractivity contribution is 5.69. The Morgan fingerprint density at radius 1 is 1.22 bits per heavy atom. The Labute approximate surface area is 137 Å². The predicted molar refractivity (Wildman–Crippen MR) is 86.9 cm³/mol. The molecule has 0 spiro atoms. The summed E-state index contributed by atoms with van der Waals surface area (Å²) in [5, 5.41) is 3.33. The normalized spacial score (nSPS) is 21.0. The van der Waals surface area contributed by atoms with Crippen molar-refractivity contribution in [2.45, 2.75) is 45.1 Å². The quantitative estimate of drug-likeness (QED) is 0.589. The van der Waals surface area contributed by atoms with Gasteiger partial charge in [-0.05, 0) is 69.3 Å². The first-order chi connectivity index (χ1) is 11.2. The summed E-state index contributed by atoms with van der Waals surface area (Å²) in [7, 11) is 0. The number of ether oxygens (including phenoxy) is 2. The summed E-state index contributed by atoms with van der Waals surface area (Å²) < 4.78 is 23.7. The van der Waals surface area contributed by atoms with Gasteiger partial charge in [-0.3, -0.25) is 4.79 Å². The van der Waals surface area contributed by atoms with Crippen LogP contribution in [0.5, 0.6) is 5.75 Å². The molecule has 1 fully saturated rings. The van der Waals surface area contributed by atoms with Crippen molar-refractivity contribution in [3.8, 4) is 5.75 Å². The van der Waals surface area contributed by atoms with Gasteiger partial charge in [-0.15, -0.1) is 0 Å². The molecule has 1 aromatic carbocycles. The fourth-order valence-corrected chi connectivity index (χ4v) is 2.89. The van der Waals surface area contributed by atoms with E-state index in [1.165, 1.54) is 12.1 Å². The third kappa shape index (κ3) is 6.57. The minimum absolute atomic E-state index is 0.142. The van der Waals surface area contributed by atoms with Crippen molar-refractivity contribution in [3.05, 3.63) is 30.1 Å². The molecule has 5 heteroatoms. The van der Waals surface area contributed by atoms with Crippen molar-refractivity contribution in [1.82, 2.24) is 5.32 Å². The monoisotopic (exact) mass is 323 g/mol. The lowest BCUT2D eigenvalue weighted by atomic mass is 9.87. The summed E-state index contributed by atoms with van der Waals surface area (Å²) in [4.78, 5) is 11.2. The van der Waals surface area contributed by atoms with E-state index in [0.29, 0.717) is 25.5 Å². The number of benzene rings is 1. The lowest BCUT2D eigenvalue weighted by molar-refractivity contribution is -0.142. The molecule has 0 saturated heterocycles. The maximum Gasteiger partial charge on any atom is 0.307 e. The molecule has 1 saturated carbocycles. The number of hydrogen-bond donors (Lipinski definition) is 1. The number of carbonyl (C=O) groups is 1. The average molecular weight is 323 g/mol. The Hall–Kier alpha value is -1.62. The number of nitrogens with one attached hydrogen (secondary N) is 1. The van der Waals surface area contributed by atoms with Crippen molar-refractivity contribution >= 4 is 5.97 Å². The van der Waals surface area contributed by atoms with Crippen LogP contribution in [-0.4, -0.2) is 31.8 Å². The number of hydrogen-bond acceptors (Lipinski definition) is 4. The molecule has 0 amide bonds. The Bertz CT molecular complexity index is 470. The van der Waals surface area contributed by atoms with E-state index in [-0.39, 0.29) is 17.9 Å². The summed E-state index contributed by atoms with van der Waals surface area (Å²) in [6, 6.07) is 6.21. The molecule has 23 heavy (non-hydrogen) atoms. The third-order valence-corrected chi connectivity index (χ3v) is 4.15. The lowest BCUT2D eigenvalue weighted by Gasteiger charge is -2.29. The van der Waals surface area contributed by atoms with Gasteiger partial charge in [-0.25, -0.2) is 4.39 Å². The van der Waals surface area contributed by atoms with Gasteiger partial charge in [0.15, 0.2) is 0 Å². The Morgan fingerprint density at radius 3 is 2.57 bits per heavy atom. The summed E-state index contributed by atoms with van der Waals surface area (Å²) in [6.45, 7) is 3.86. The molecule has 0 aromatic heterocycles. The third-order valence-electron chi connectivity index (χ3n) is 4.15. The molecular weight excluding hydrogens is 297 g/mol. The van der Waals surface area contributed by atoms with Crippen LogP contribution < -0.4 is 10.1 Å². The number of esters is 1. The largest absolute Gasteiger partial charge is 0.490 e. The standard InChI is InChI=1S/C18H26FNO3/c1-2-22-18(21)11-12-20-13-14-3-7-16(8-4-14)23-17-9-5-15(19)6-10-17/h5-6,9-10,14,16,20H,2-4,7-8,11-13H2,1H3. The summed E-state index contributed by atoms with van der Waals surface area (Å²) in [5.74, 6) is 0.985. The molecule has 4 nitrogen and oxygen atoms in total. The van der Waals surface area contributed by atoms with Crippen LogP contribution in [0.15, 0.2) is 24.3 Å². The lowest BCUT2D eigenvalue weighted by Crippen LogP contribution is -2.31. The van der Waals surface area contributed by atoms with Gasteiger partial charge in [0.25, 0.3) is 0 Å². The Kier molecular flexibility index (Phi) is 7.33. The summed E-state index contributed by atoms with van der Waals surface area (Å²) >= 11 is 0. The molecule has 1 aromatic rings. The van der Waals surface area contributed by atoms with E-state index in [1.807, 2.05) is 6.92 Å². The summed E-state index contributed by atoms with van der Waals surface area (Å²) in [6.07, 6.45) is 4.90. The van der Waals surface area contributed by atoms with E-state index in [2.05, 4.69) is 5.32 Å². The van der Waals surface area contributed by atoms with E-state index >= 15 is 0 Å². The molecule has 0 aliphatic heterocycles. The highest BCUT2D eigenvalue weighted by atomic mass is 19.1. The van der Waals surface area contributed by atoms with Gasteiger partial charge in [-0.2, -0.15) is 0 Å². The van der Waals surface area contributed by atoms with Crippen LogP contribution in [0.4, 0.5) is 4.39 Å². The van der Waals surface area contributed by atoms with Crippen LogP contribution in [0.1, 0.15) is 39.0 Å². The van der Waals surface area contributed by atoms with E-state index in [9.17, 15) is 9.18 Å². The van der Waals surface area contributed by atoms with Gasteiger partial charge >= 0.3 is 5.97 Å². The van der Waals surface area contributed by atoms with Crippen LogP contribution in [-0.2, 0) is 9.53 Å². The van der Waals surface area contributed by atoms with Crippen LogP contribution in [0.25, 0.3) is 0 Å². The minimum Gasteiger partial charge on any atom is -0.490 e. The first-order valence-corrected chi connectivity index (χ1v) is 8.46.